The number of para-hydroxylation sites is 1. The number of nitrogens with zero attached hydrogens (tertiary/aromatic N) is 4. The number of pyridine rings is 1. The van der Waals surface area contributed by atoms with Gasteiger partial charge in [-0.1, -0.05) is 35.9 Å². The molecule has 2 aromatic rings. The van der Waals surface area contributed by atoms with Crippen LogP contribution in [0.1, 0.15) is 30.3 Å². The number of hydrogen-bond acceptors (Lipinski definition) is 5. The van der Waals surface area contributed by atoms with Crippen molar-refractivity contribution in [2.24, 2.45) is 5.10 Å². The van der Waals surface area contributed by atoms with Crippen molar-refractivity contribution in [3.63, 3.8) is 0 Å². The molecule has 16 heteroatoms. The molecule has 4 rings (SSSR count). The van der Waals surface area contributed by atoms with E-state index in [1.54, 1.807) is 0 Å². The van der Waals surface area contributed by atoms with Crippen molar-refractivity contribution in [2.45, 2.75) is 36.5 Å². The topological polar surface area (TPSA) is 65.9 Å². The van der Waals surface area contributed by atoms with Crippen molar-refractivity contribution in [1.29, 1.82) is 0 Å². The molecule has 0 saturated heterocycles. The van der Waals surface area contributed by atoms with Crippen LogP contribution >= 0.6 is 11.6 Å². The van der Waals surface area contributed by atoms with Gasteiger partial charge in [0, 0.05) is 19.5 Å². The number of sulfonamides is 1. The second-order valence-electron chi connectivity index (χ2n) is 8.37. The Bertz CT molecular complexity index is 1390. The lowest BCUT2D eigenvalue weighted by molar-refractivity contribution is -0.249. The Morgan fingerprint density at radius 3 is 2.21 bits per heavy atom. The molecule has 0 amide bonds. The molecule has 1 unspecified atom stereocenters. The lowest BCUT2D eigenvalue weighted by Gasteiger charge is -2.27. The molecule has 3 heterocycles. The van der Waals surface area contributed by atoms with Gasteiger partial charge in [-0.25, -0.2) is 8.42 Å². The summed E-state index contributed by atoms with van der Waals surface area (Å²) in [6, 6.07) is 8.88. The van der Waals surface area contributed by atoms with Crippen molar-refractivity contribution in [3.8, 4) is 0 Å². The third kappa shape index (κ3) is 5.10. The minimum atomic E-state index is -5.89. The molecule has 0 bridgehead atoms. The first-order valence-corrected chi connectivity index (χ1v) is 12.6. The largest absolute Gasteiger partial charge is 0.511 e. The Hall–Kier alpha value is -2.78. The number of aromatic nitrogens is 1. The molecule has 0 fully saturated rings. The second-order valence-corrected chi connectivity index (χ2v) is 10.7. The van der Waals surface area contributed by atoms with E-state index in [1.807, 2.05) is 0 Å². The number of anilines is 1. The molecule has 0 saturated carbocycles. The summed E-state index contributed by atoms with van der Waals surface area (Å²) in [5, 5.41) is 4.54. The first-order chi connectivity index (χ1) is 17.5. The Labute approximate surface area is 216 Å². The minimum absolute atomic E-state index is 0.0370. The smallest absolute Gasteiger partial charge is 0.254 e. The maximum absolute atomic E-state index is 14.2. The molecular formula is C22H17ClF8N4O2S. The van der Waals surface area contributed by atoms with Gasteiger partial charge in [0.1, 0.15) is 11.8 Å². The van der Waals surface area contributed by atoms with Crippen LogP contribution in [0.15, 0.2) is 53.6 Å². The van der Waals surface area contributed by atoms with Crippen LogP contribution in [0.2, 0.25) is 5.02 Å². The molecule has 206 valence electrons. The highest BCUT2D eigenvalue weighted by atomic mass is 35.5. The molecule has 1 aromatic heterocycles. The number of rotatable bonds is 5. The summed E-state index contributed by atoms with van der Waals surface area (Å²) in [4.78, 5) is 4.36. The number of benzene rings is 1. The molecule has 6 nitrogen and oxygen atoms in total. The zero-order valence-corrected chi connectivity index (χ0v) is 20.5. The first-order valence-electron chi connectivity index (χ1n) is 10.8. The lowest BCUT2D eigenvalue weighted by Crippen LogP contribution is -2.43. The highest BCUT2D eigenvalue weighted by Crippen LogP contribution is 2.45. The Morgan fingerprint density at radius 2 is 1.63 bits per heavy atom. The molecule has 0 radical (unpaired) electrons. The number of alkyl halides is 8. The van der Waals surface area contributed by atoms with Gasteiger partial charge in [0.05, 0.1) is 22.1 Å². The van der Waals surface area contributed by atoms with E-state index < -0.39 is 58.9 Å². The fraction of sp³-hybridized carbons (Fsp3) is 0.364. The van der Waals surface area contributed by atoms with Gasteiger partial charge in [-0.3, -0.25) is 9.99 Å². The zero-order chi connectivity index (χ0) is 28.1. The quantitative estimate of drug-likeness (QED) is 0.392. The lowest BCUT2D eigenvalue weighted by atomic mass is 10.0. The first kappa shape index (κ1) is 28.2. The number of hydrogen-bond donors (Lipinski definition) is 0. The van der Waals surface area contributed by atoms with Crippen LogP contribution in [0.3, 0.4) is 0 Å². The fourth-order valence-electron chi connectivity index (χ4n) is 4.02. The van der Waals surface area contributed by atoms with Gasteiger partial charge < -0.3 is 0 Å². The molecule has 0 N–H and O–H groups in total. The van der Waals surface area contributed by atoms with Crippen LogP contribution < -0.4 is 5.01 Å². The van der Waals surface area contributed by atoms with E-state index in [4.69, 9.17) is 11.6 Å². The summed E-state index contributed by atoms with van der Waals surface area (Å²) >= 11 is 6.16. The third-order valence-corrected chi connectivity index (χ3v) is 7.89. The van der Waals surface area contributed by atoms with Crippen molar-refractivity contribution in [1.82, 2.24) is 9.29 Å². The molecular weight excluding hydrogens is 572 g/mol. The van der Waals surface area contributed by atoms with Crippen LogP contribution in [0.25, 0.3) is 5.57 Å². The van der Waals surface area contributed by atoms with Crippen LogP contribution in [-0.4, -0.2) is 54.1 Å². The molecule has 1 atom stereocenters. The van der Waals surface area contributed by atoms with Crippen LogP contribution in [0, 0.1) is 0 Å². The maximum atomic E-state index is 14.2. The summed E-state index contributed by atoms with van der Waals surface area (Å²) < 4.78 is 130. The average molecular weight is 589 g/mol. The molecule has 2 aliphatic heterocycles. The summed E-state index contributed by atoms with van der Waals surface area (Å²) in [5.74, 6) is -5.22. The van der Waals surface area contributed by atoms with E-state index >= 15 is 0 Å². The van der Waals surface area contributed by atoms with E-state index in [9.17, 15) is 43.5 Å². The summed E-state index contributed by atoms with van der Waals surface area (Å²) in [6.45, 7) is -1.07. The molecule has 38 heavy (non-hydrogen) atoms. The minimum Gasteiger partial charge on any atom is -0.254 e. The molecule has 1 aromatic carbocycles. The Kier molecular flexibility index (Phi) is 7.25. The third-order valence-electron chi connectivity index (χ3n) is 5.97. The second kappa shape index (κ2) is 9.75. The standard InChI is InChI=1S/C22H17ClF8N4O2S/c23-14-4-1-2-7-17(14)35-18(12-19(33-35)20(24,25)21(26,27)28)16-6-3-5-15(32-16)13-8-10-34(11-9-13)38(36,37)22(29,30)31/h1-8,18H,9-12H2. The highest BCUT2D eigenvalue weighted by Gasteiger charge is 2.63. The summed E-state index contributed by atoms with van der Waals surface area (Å²) in [5.41, 5.74) is -6.22. The van der Waals surface area contributed by atoms with E-state index in [-0.39, 0.29) is 32.8 Å². The zero-order valence-electron chi connectivity index (χ0n) is 18.9. The van der Waals surface area contributed by atoms with Crippen molar-refractivity contribution in [3.05, 3.63) is 65.0 Å². The SMILES string of the molecule is O=S(=O)(N1CC=C(c2cccc(C3CC(C(F)(F)C(F)(F)F)=NN3c3ccccc3Cl)n2)CC1)C(F)(F)F. The summed E-state index contributed by atoms with van der Waals surface area (Å²) in [7, 11) is -5.53. The van der Waals surface area contributed by atoms with Gasteiger partial charge >= 0.3 is 27.6 Å². The Morgan fingerprint density at radius 1 is 0.947 bits per heavy atom. The van der Waals surface area contributed by atoms with Gasteiger partial charge in [-0.15, -0.1) is 0 Å². The highest BCUT2D eigenvalue weighted by molar-refractivity contribution is 7.90. The fourth-order valence-corrected chi connectivity index (χ4v) is 5.14. The van der Waals surface area contributed by atoms with Crippen molar-refractivity contribution < 1.29 is 43.5 Å². The van der Waals surface area contributed by atoms with Gasteiger partial charge in [-0.2, -0.15) is 44.5 Å². The molecule has 0 spiro atoms. The van der Waals surface area contributed by atoms with Crippen LogP contribution in [-0.2, 0) is 10.0 Å². The number of halogens is 9. The van der Waals surface area contributed by atoms with E-state index in [2.05, 4.69) is 10.1 Å². The van der Waals surface area contributed by atoms with Crippen molar-refractivity contribution in [2.75, 3.05) is 18.1 Å². The average Bonchev–Trinajstić information content (AvgIpc) is 3.29. The van der Waals surface area contributed by atoms with Gasteiger partial charge in [0.2, 0.25) is 0 Å². The predicted molar refractivity (Wildman–Crippen MR) is 123 cm³/mol. The number of hydrazone groups is 1. The summed E-state index contributed by atoms with van der Waals surface area (Å²) in [6.07, 6.45) is -5.64. The van der Waals surface area contributed by atoms with Crippen LogP contribution in [0.5, 0.6) is 0 Å². The maximum Gasteiger partial charge on any atom is 0.511 e. The Balaban J connectivity index is 1.68. The van der Waals surface area contributed by atoms with E-state index in [0.29, 0.717) is 5.57 Å². The van der Waals surface area contributed by atoms with E-state index in [1.165, 1.54) is 48.5 Å². The molecule has 2 aliphatic rings. The predicted octanol–water partition coefficient (Wildman–Crippen LogP) is 6.18. The molecule has 0 aliphatic carbocycles. The van der Waals surface area contributed by atoms with Crippen LogP contribution in [0.4, 0.5) is 40.8 Å². The monoisotopic (exact) mass is 588 g/mol. The van der Waals surface area contributed by atoms with E-state index in [0.717, 1.165) is 5.01 Å². The van der Waals surface area contributed by atoms with Crippen molar-refractivity contribution >= 4 is 38.6 Å². The van der Waals surface area contributed by atoms with Gasteiger partial charge in [-0.05, 0) is 36.3 Å². The normalized spacial score (nSPS) is 19.9. The van der Waals surface area contributed by atoms with Gasteiger partial charge in [0.25, 0.3) is 0 Å². The van der Waals surface area contributed by atoms with Gasteiger partial charge in [0.15, 0.2) is 0 Å².